The Kier molecular flexibility index (Phi) is 5.22. The van der Waals surface area contributed by atoms with E-state index in [1.165, 1.54) is 5.56 Å². The average molecular weight is 274 g/mol. The van der Waals surface area contributed by atoms with Crippen molar-refractivity contribution >= 4 is 0 Å². The van der Waals surface area contributed by atoms with Crippen LogP contribution in [-0.2, 0) is 0 Å². The van der Waals surface area contributed by atoms with Gasteiger partial charge < -0.3 is 5.32 Å². The number of hydrogen-bond donors (Lipinski definition) is 1. The molecule has 0 aliphatic carbocycles. The van der Waals surface area contributed by atoms with Crippen molar-refractivity contribution in [2.75, 3.05) is 13.1 Å². The summed E-state index contributed by atoms with van der Waals surface area (Å²) in [7, 11) is 0. The molecular weight excluding hydrogens is 244 g/mol. The lowest BCUT2D eigenvalue weighted by atomic mass is 9.91. The molecule has 1 saturated heterocycles. The third-order valence-corrected chi connectivity index (χ3v) is 4.78. The molecule has 0 spiro atoms. The number of piperazine rings is 1. The molecule has 1 aromatic carbocycles. The van der Waals surface area contributed by atoms with Gasteiger partial charge in [-0.1, -0.05) is 58.0 Å². The van der Waals surface area contributed by atoms with E-state index in [1.54, 1.807) is 0 Å². The van der Waals surface area contributed by atoms with Crippen LogP contribution in [0.2, 0.25) is 0 Å². The van der Waals surface area contributed by atoms with Crippen molar-refractivity contribution in [2.24, 2.45) is 11.8 Å². The van der Waals surface area contributed by atoms with Gasteiger partial charge in [-0.25, -0.2) is 0 Å². The van der Waals surface area contributed by atoms with Gasteiger partial charge in [-0.2, -0.15) is 0 Å². The molecule has 3 unspecified atom stereocenters. The molecular formula is C18H30N2. The lowest BCUT2D eigenvalue weighted by Crippen LogP contribution is -2.60. The van der Waals surface area contributed by atoms with Gasteiger partial charge in [-0.15, -0.1) is 0 Å². The van der Waals surface area contributed by atoms with E-state index in [4.69, 9.17) is 0 Å². The Bertz CT molecular complexity index is 399. The van der Waals surface area contributed by atoms with Gasteiger partial charge in [0, 0.05) is 31.2 Å². The molecule has 1 aliphatic heterocycles. The highest BCUT2D eigenvalue weighted by Crippen LogP contribution is 2.28. The Morgan fingerprint density at radius 2 is 1.65 bits per heavy atom. The quantitative estimate of drug-likeness (QED) is 0.900. The maximum atomic E-state index is 3.74. The second-order valence-corrected chi connectivity index (χ2v) is 6.85. The molecule has 112 valence electrons. The van der Waals surface area contributed by atoms with Crippen LogP contribution in [0.1, 0.15) is 46.2 Å². The maximum absolute atomic E-state index is 3.74. The second-order valence-electron chi connectivity index (χ2n) is 6.85. The summed E-state index contributed by atoms with van der Waals surface area (Å²) < 4.78 is 0. The van der Waals surface area contributed by atoms with Crippen LogP contribution in [0.5, 0.6) is 0 Å². The van der Waals surface area contributed by atoms with Crippen LogP contribution in [-0.4, -0.2) is 30.1 Å². The topological polar surface area (TPSA) is 15.3 Å². The monoisotopic (exact) mass is 274 g/mol. The minimum atomic E-state index is 0.493. The molecule has 0 saturated carbocycles. The van der Waals surface area contributed by atoms with Gasteiger partial charge in [-0.05, 0) is 24.3 Å². The summed E-state index contributed by atoms with van der Waals surface area (Å²) in [5, 5.41) is 3.74. The molecule has 0 radical (unpaired) electrons. The summed E-state index contributed by atoms with van der Waals surface area (Å²) in [6, 6.07) is 12.6. The fourth-order valence-corrected chi connectivity index (χ4v) is 3.25. The van der Waals surface area contributed by atoms with Crippen molar-refractivity contribution in [1.29, 1.82) is 0 Å². The summed E-state index contributed by atoms with van der Waals surface area (Å²) >= 11 is 0. The summed E-state index contributed by atoms with van der Waals surface area (Å²) in [5.74, 6) is 1.37. The molecule has 1 aliphatic rings. The largest absolute Gasteiger partial charge is 0.311 e. The standard InChI is InChI=1S/C18H30N2/c1-13(2)17-12-20(18(11-19-17)14(3)4)15(5)16-9-7-6-8-10-16/h6-10,13-15,17-19H,11-12H2,1-5H3. The van der Waals surface area contributed by atoms with Crippen molar-refractivity contribution in [3.8, 4) is 0 Å². The number of rotatable bonds is 4. The Hall–Kier alpha value is -0.860. The van der Waals surface area contributed by atoms with Crippen molar-refractivity contribution in [2.45, 2.75) is 52.7 Å². The van der Waals surface area contributed by atoms with E-state index in [0.717, 1.165) is 13.1 Å². The first-order chi connectivity index (χ1) is 9.50. The van der Waals surface area contributed by atoms with Gasteiger partial charge in [0.25, 0.3) is 0 Å². The molecule has 0 amide bonds. The minimum Gasteiger partial charge on any atom is -0.311 e. The predicted octanol–water partition coefficient (Wildman–Crippen LogP) is 3.70. The summed E-state index contributed by atoms with van der Waals surface area (Å²) in [6.45, 7) is 13.9. The van der Waals surface area contributed by atoms with Crippen LogP contribution in [0, 0.1) is 11.8 Å². The Balaban J connectivity index is 2.18. The van der Waals surface area contributed by atoms with E-state index in [-0.39, 0.29) is 0 Å². The van der Waals surface area contributed by atoms with E-state index in [9.17, 15) is 0 Å². The molecule has 1 fully saturated rings. The molecule has 2 nitrogen and oxygen atoms in total. The summed E-state index contributed by atoms with van der Waals surface area (Å²) in [5.41, 5.74) is 1.43. The maximum Gasteiger partial charge on any atom is 0.0324 e. The molecule has 1 aromatic rings. The fourth-order valence-electron chi connectivity index (χ4n) is 3.25. The van der Waals surface area contributed by atoms with Crippen LogP contribution >= 0.6 is 0 Å². The van der Waals surface area contributed by atoms with Crippen LogP contribution in [0.25, 0.3) is 0 Å². The zero-order valence-corrected chi connectivity index (χ0v) is 13.6. The summed E-state index contributed by atoms with van der Waals surface area (Å²) in [6.07, 6.45) is 0. The first-order valence-electron chi connectivity index (χ1n) is 8.04. The van der Waals surface area contributed by atoms with Crippen molar-refractivity contribution in [3.05, 3.63) is 35.9 Å². The van der Waals surface area contributed by atoms with E-state index in [0.29, 0.717) is 30.0 Å². The minimum absolute atomic E-state index is 0.493. The van der Waals surface area contributed by atoms with Crippen LogP contribution in [0.15, 0.2) is 30.3 Å². The summed E-state index contributed by atoms with van der Waals surface area (Å²) in [4.78, 5) is 2.71. The fraction of sp³-hybridized carbons (Fsp3) is 0.667. The highest BCUT2D eigenvalue weighted by molar-refractivity contribution is 5.19. The SMILES string of the molecule is CC(C)C1CN(C(C)c2ccccc2)C(C(C)C)CN1. The van der Waals surface area contributed by atoms with Crippen LogP contribution < -0.4 is 5.32 Å². The highest BCUT2D eigenvalue weighted by atomic mass is 15.3. The second kappa shape index (κ2) is 6.73. The van der Waals surface area contributed by atoms with Crippen LogP contribution in [0.3, 0.4) is 0 Å². The van der Waals surface area contributed by atoms with E-state index >= 15 is 0 Å². The van der Waals surface area contributed by atoms with Gasteiger partial charge in [-0.3, -0.25) is 4.90 Å². The first-order valence-corrected chi connectivity index (χ1v) is 8.04. The lowest BCUT2D eigenvalue weighted by molar-refractivity contribution is 0.0513. The average Bonchev–Trinajstić information content (AvgIpc) is 2.46. The van der Waals surface area contributed by atoms with E-state index in [2.05, 4.69) is 75.2 Å². The third kappa shape index (κ3) is 3.42. The third-order valence-electron chi connectivity index (χ3n) is 4.78. The van der Waals surface area contributed by atoms with Gasteiger partial charge >= 0.3 is 0 Å². The molecule has 2 heteroatoms. The number of hydrogen-bond acceptors (Lipinski definition) is 2. The number of nitrogens with one attached hydrogen (secondary N) is 1. The number of benzene rings is 1. The van der Waals surface area contributed by atoms with E-state index < -0.39 is 0 Å². The van der Waals surface area contributed by atoms with E-state index in [1.807, 2.05) is 0 Å². The Morgan fingerprint density at radius 1 is 1.00 bits per heavy atom. The molecule has 20 heavy (non-hydrogen) atoms. The Labute approximate surface area is 124 Å². The molecule has 3 atom stereocenters. The normalized spacial score (nSPS) is 26.1. The zero-order valence-electron chi connectivity index (χ0n) is 13.6. The van der Waals surface area contributed by atoms with Crippen molar-refractivity contribution < 1.29 is 0 Å². The molecule has 1 heterocycles. The van der Waals surface area contributed by atoms with Crippen molar-refractivity contribution in [1.82, 2.24) is 10.2 Å². The molecule has 0 bridgehead atoms. The zero-order chi connectivity index (χ0) is 14.7. The first kappa shape index (κ1) is 15.5. The molecule has 1 N–H and O–H groups in total. The van der Waals surface area contributed by atoms with Gasteiger partial charge in [0.1, 0.15) is 0 Å². The van der Waals surface area contributed by atoms with Crippen molar-refractivity contribution in [3.63, 3.8) is 0 Å². The number of nitrogens with zero attached hydrogens (tertiary/aromatic N) is 1. The smallest absolute Gasteiger partial charge is 0.0324 e. The van der Waals surface area contributed by atoms with Gasteiger partial charge in [0.05, 0.1) is 0 Å². The molecule has 0 aromatic heterocycles. The van der Waals surface area contributed by atoms with Crippen LogP contribution in [0.4, 0.5) is 0 Å². The predicted molar refractivity (Wildman–Crippen MR) is 86.8 cm³/mol. The molecule has 2 rings (SSSR count). The highest BCUT2D eigenvalue weighted by Gasteiger charge is 2.34. The van der Waals surface area contributed by atoms with Gasteiger partial charge in [0.2, 0.25) is 0 Å². The van der Waals surface area contributed by atoms with Gasteiger partial charge in [0.15, 0.2) is 0 Å². The Morgan fingerprint density at radius 3 is 2.20 bits per heavy atom. The lowest BCUT2D eigenvalue weighted by Gasteiger charge is -2.46.